The minimum atomic E-state index is 0.364. The summed E-state index contributed by atoms with van der Waals surface area (Å²) in [5.74, 6) is 1.75. The van der Waals surface area contributed by atoms with E-state index < -0.39 is 0 Å². The Morgan fingerprint density at radius 2 is 1.18 bits per heavy atom. The summed E-state index contributed by atoms with van der Waals surface area (Å²) in [7, 11) is 0. The van der Waals surface area contributed by atoms with Crippen molar-refractivity contribution in [1.29, 1.82) is 0 Å². The van der Waals surface area contributed by atoms with Crippen LogP contribution in [-0.4, -0.2) is 12.2 Å². The van der Waals surface area contributed by atoms with E-state index in [2.05, 4.69) is 41.5 Å². The number of hydrogen-bond donors (Lipinski definition) is 0. The monoisotopic (exact) mass is 312 g/mol. The minimum Gasteiger partial charge on any atom is -0.376 e. The maximum absolute atomic E-state index is 5.84. The van der Waals surface area contributed by atoms with Crippen molar-refractivity contribution in [3.63, 3.8) is 0 Å². The quantitative estimate of drug-likeness (QED) is 0.286. The molecule has 0 radical (unpaired) electrons. The molecule has 0 fully saturated rings. The van der Waals surface area contributed by atoms with Crippen molar-refractivity contribution in [1.82, 2.24) is 0 Å². The maximum atomic E-state index is 5.84. The molecule has 0 bridgehead atoms. The Morgan fingerprint density at radius 3 is 1.73 bits per heavy atom. The Balaban J connectivity index is 3.69. The molecule has 2 atom stereocenters. The van der Waals surface area contributed by atoms with Gasteiger partial charge in [-0.25, -0.2) is 0 Å². The Kier molecular flexibility index (Phi) is 14.5. The number of hydrogen-bond acceptors (Lipinski definition) is 1. The van der Waals surface area contributed by atoms with Crippen LogP contribution in [0.4, 0.5) is 0 Å². The summed E-state index contributed by atoms with van der Waals surface area (Å²) >= 11 is 0. The van der Waals surface area contributed by atoms with Crippen LogP contribution in [0.25, 0.3) is 0 Å². The van der Waals surface area contributed by atoms with Crippen LogP contribution in [0.3, 0.4) is 0 Å². The fourth-order valence-electron chi connectivity index (χ4n) is 3.37. The van der Waals surface area contributed by atoms with Gasteiger partial charge in [-0.3, -0.25) is 0 Å². The topological polar surface area (TPSA) is 9.23 Å². The first-order valence-corrected chi connectivity index (χ1v) is 10.1. The van der Waals surface area contributed by atoms with Gasteiger partial charge >= 0.3 is 0 Å². The lowest BCUT2D eigenvalue weighted by atomic mass is 9.85. The smallest absolute Gasteiger partial charge is 0.0550 e. The molecule has 2 unspecified atom stereocenters. The molecule has 134 valence electrons. The lowest BCUT2D eigenvalue weighted by Crippen LogP contribution is -2.15. The van der Waals surface area contributed by atoms with Crippen LogP contribution in [0.2, 0.25) is 0 Å². The summed E-state index contributed by atoms with van der Waals surface area (Å²) in [5.41, 5.74) is 0. The predicted molar refractivity (Wildman–Crippen MR) is 100 cm³/mol. The van der Waals surface area contributed by atoms with Crippen LogP contribution < -0.4 is 0 Å². The number of rotatable bonds is 15. The SMILES string of the molecule is CCCCCCCCCC(CCCC(C)OC(C)C)C(C)C. The average molecular weight is 313 g/mol. The molecular weight excluding hydrogens is 268 g/mol. The average Bonchev–Trinajstić information content (AvgIpc) is 2.43. The molecule has 1 nitrogen and oxygen atoms in total. The molecule has 0 saturated heterocycles. The molecule has 0 heterocycles. The first-order chi connectivity index (χ1) is 10.5. The van der Waals surface area contributed by atoms with E-state index >= 15 is 0 Å². The van der Waals surface area contributed by atoms with Gasteiger partial charge in [0.2, 0.25) is 0 Å². The van der Waals surface area contributed by atoms with Crippen molar-refractivity contribution in [3.05, 3.63) is 0 Å². The van der Waals surface area contributed by atoms with Crippen molar-refractivity contribution >= 4 is 0 Å². The summed E-state index contributed by atoms with van der Waals surface area (Å²) in [6.07, 6.45) is 16.2. The maximum Gasteiger partial charge on any atom is 0.0550 e. The summed E-state index contributed by atoms with van der Waals surface area (Å²) in [5, 5.41) is 0. The van der Waals surface area contributed by atoms with Gasteiger partial charge in [0.15, 0.2) is 0 Å². The van der Waals surface area contributed by atoms with Crippen LogP contribution in [0.1, 0.15) is 112 Å². The van der Waals surface area contributed by atoms with Crippen LogP contribution >= 0.6 is 0 Å². The largest absolute Gasteiger partial charge is 0.376 e. The molecule has 0 saturated carbocycles. The second-order valence-electron chi connectivity index (χ2n) is 7.84. The van der Waals surface area contributed by atoms with Crippen LogP contribution in [0, 0.1) is 11.8 Å². The molecule has 0 aromatic heterocycles. The lowest BCUT2D eigenvalue weighted by Gasteiger charge is -2.22. The Labute approximate surface area is 141 Å². The van der Waals surface area contributed by atoms with Gasteiger partial charge in [-0.2, -0.15) is 0 Å². The molecule has 0 rings (SSSR count). The predicted octanol–water partition coefficient (Wildman–Crippen LogP) is 7.38. The van der Waals surface area contributed by atoms with Gasteiger partial charge in [0.05, 0.1) is 12.2 Å². The molecule has 0 aromatic rings. The zero-order chi connectivity index (χ0) is 16.8. The van der Waals surface area contributed by atoms with Crippen LogP contribution in [0.15, 0.2) is 0 Å². The summed E-state index contributed by atoms with van der Waals surface area (Å²) in [6.45, 7) is 13.6. The third-order valence-corrected chi connectivity index (χ3v) is 4.81. The molecule has 1 heteroatoms. The van der Waals surface area contributed by atoms with Crippen molar-refractivity contribution in [2.24, 2.45) is 11.8 Å². The highest BCUT2D eigenvalue weighted by Gasteiger charge is 2.14. The zero-order valence-electron chi connectivity index (χ0n) is 16.5. The Morgan fingerprint density at radius 1 is 0.636 bits per heavy atom. The Bertz CT molecular complexity index is 222. The summed E-state index contributed by atoms with van der Waals surface area (Å²) in [4.78, 5) is 0. The fraction of sp³-hybridized carbons (Fsp3) is 1.00. The van der Waals surface area contributed by atoms with Gasteiger partial charge in [-0.15, -0.1) is 0 Å². The second-order valence-corrected chi connectivity index (χ2v) is 7.84. The molecule has 0 aliphatic rings. The second kappa shape index (κ2) is 14.5. The van der Waals surface area contributed by atoms with Gasteiger partial charge in [-0.05, 0) is 39.0 Å². The van der Waals surface area contributed by atoms with E-state index in [4.69, 9.17) is 4.74 Å². The molecule has 0 aliphatic heterocycles. The van der Waals surface area contributed by atoms with Crippen molar-refractivity contribution < 1.29 is 4.74 Å². The van der Waals surface area contributed by atoms with E-state index in [1.807, 2.05) is 0 Å². The van der Waals surface area contributed by atoms with E-state index in [1.54, 1.807) is 0 Å². The third kappa shape index (κ3) is 13.6. The number of ether oxygens (including phenoxy) is 1. The molecule has 0 N–H and O–H groups in total. The molecule has 22 heavy (non-hydrogen) atoms. The highest BCUT2D eigenvalue weighted by molar-refractivity contribution is 4.65. The van der Waals surface area contributed by atoms with Crippen molar-refractivity contribution in [3.8, 4) is 0 Å². The molecule has 0 aliphatic carbocycles. The normalized spacial score (nSPS) is 14.7. The van der Waals surface area contributed by atoms with Crippen molar-refractivity contribution in [2.75, 3.05) is 0 Å². The third-order valence-electron chi connectivity index (χ3n) is 4.81. The standard InChI is InChI=1S/C21H44O/c1-7-8-9-10-11-12-13-16-21(18(2)3)17-14-15-20(6)22-19(4)5/h18-21H,7-17H2,1-6H3. The van der Waals surface area contributed by atoms with Gasteiger partial charge in [0, 0.05) is 0 Å². The van der Waals surface area contributed by atoms with Crippen molar-refractivity contribution in [2.45, 2.75) is 124 Å². The lowest BCUT2D eigenvalue weighted by molar-refractivity contribution is 0.0122. The fourth-order valence-corrected chi connectivity index (χ4v) is 3.37. The van der Waals surface area contributed by atoms with Crippen LogP contribution in [0.5, 0.6) is 0 Å². The molecular formula is C21H44O. The van der Waals surface area contributed by atoms with E-state index in [9.17, 15) is 0 Å². The van der Waals surface area contributed by atoms with E-state index in [0.29, 0.717) is 12.2 Å². The molecule has 0 spiro atoms. The molecule has 0 amide bonds. The van der Waals surface area contributed by atoms with Crippen LogP contribution in [-0.2, 0) is 4.74 Å². The number of unbranched alkanes of at least 4 members (excludes halogenated alkanes) is 6. The van der Waals surface area contributed by atoms with E-state index in [0.717, 1.165) is 11.8 Å². The first kappa shape index (κ1) is 22.0. The summed E-state index contributed by atoms with van der Waals surface area (Å²) < 4.78 is 5.84. The first-order valence-electron chi connectivity index (χ1n) is 10.1. The van der Waals surface area contributed by atoms with Gasteiger partial charge in [0.1, 0.15) is 0 Å². The Hall–Kier alpha value is -0.0400. The highest BCUT2D eigenvalue weighted by atomic mass is 16.5. The van der Waals surface area contributed by atoms with Gasteiger partial charge < -0.3 is 4.74 Å². The van der Waals surface area contributed by atoms with Gasteiger partial charge in [-0.1, -0.05) is 85.0 Å². The van der Waals surface area contributed by atoms with E-state index in [-0.39, 0.29) is 0 Å². The van der Waals surface area contributed by atoms with Gasteiger partial charge in [0.25, 0.3) is 0 Å². The summed E-state index contributed by atoms with van der Waals surface area (Å²) in [6, 6.07) is 0. The zero-order valence-corrected chi connectivity index (χ0v) is 16.5. The highest BCUT2D eigenvalue weighted by Crippen LogP contribution is 2.25. The molecule has 0 aromatic carbocycles. The minimum absolute atomic E-state index is 0.364. The van der Waals surface area contributed by atoms with E-state index in [1.165, 1.54) is 70.6 Å².